The van der Waals surface area contributed by atoms with E-state index in [0.717, 1.165) is 19.3 Å². The fourth-order valence-corrected chi connectivity index (χ4v) is 2.74. The summed E-state index contributed by atoms with van der Waals surface area (Å²) in [5, 5.41) is 9.09. The number of carboxylic acid groups (broad SMARTS) is 1. The number of piperidine rings is 1. The maximum atomic E-state index is 12.3. The summed E-state index contributed by atoms with van der Waals surface area (Å²) in [7, 11) is 1.65. The number of methoxy groups -OCH3 is 1. The summed E-state index contributed by atoms with van der Waals surface area (Å²) in [4.78, 5) is 26.6. The number of hydrogen-bond donors (Lipinski definition) is 1. The van der Waals surface area contributed by atoms with Crippen molar-refractivity contribution in [2.75, 3.05) is 26.7 Å². The molecule has 0 radical (unpaired) electrons. The molecule has 0 aromatic rings. The normalized spacial score (nSPS) is 28.5. The third-order valence-corrected chi connectivity index (χ3v) is 3.77. The van der Waals surface area contributed by atoms with Gasteiger partial charge in [-0.25, -0.2) is 9.59 Å². The molecule has 6 nitrogen and oxygen atoms in total. The van der Waals surface area contributed by atoms with Gasteiger partial charge in [-0.05, 0) is 25.7 Å². The lowest BCUT2D eigenvalue weighted by Gasteiger charge is -2.35. The molecule has 0 aliphatic carbocycles. The zero-order valence-corrected chi connectivity index (χ0v) is 10.7. The largest absolute Gasteiger partial charge is 0.480 e. The summed E-state index contributed by atoms with van der Waals surface area (Å²) in [6, 6.07) is -0.804. The van der Waals surface area contributed by atoms with Crippen molar-refractivity contribution in [3.8, 4) is 0 Å². The summed E-state index contributed by atoms with van der Waals surface area (Å²) in [5.41, 5.74) is 0. The van der Waals surface area contributed by atoms with Gasteiger partial charge >= 0.3 is 12.0 Å². The lowest BCUT2D eigenvalue weighted by molar-refractivity contribution is -0.141. The molecular formula is C12H20N2O4. The number of carbonyl (C=O) groups excluding carboxylic acids is 1. The van der Waals surface area contributed by atoms with Gasteiger partial charge in [-0.2, -0.15) is 0 Å². The van der Waals surface area contributed by atoms with Gasteiger partial charge in [-0.1, -0.05) is 0 Å². The van der Waals surface area contributed by atoms with Gasteiger partial charge in [0.25, 0.3) is 0 Å². The lowest BCUT2D eigenvalue weighted by atomic mass is 10.1. The Kier molecular flexibility index (Phi) is 4.06. The highest BCUT2D eigenvalue weighted by Crippen LogP contribution is 2.21. The Morgan fingerprint density at radius 1 is 1.22 bits per heavy atom. The number of aliphatic carboxylic acids is 1. The molecule has 2 saturated heterocycles. The summed E-state index contributed by atoms with van der Waals surface area (Å²) >= 11 is 0. The Balaban J connectivity index is 1.99. The molecule has 1 N–H and O–H groups in total. The molecule has 2 aliphatic rings. The van der Waals surface area contributed by atoms with Gasteiger partial charge in [0.2, 0.25) is 0 Å². The minimum absolute atomic E-state index is 0.0774. The fourth-order valence-electron chi connectivity index (χ4n) is 2.74. The van der Waals surface area contributed by atoms with Crippen LogP contribution in [-0.2, 0) is 9.53 Å². The van der Waals surface area contributed by atoms with Crippen LogP contribution in [0.5, 0.6) is 0 Å². The number of carboxylic acids is 1. The van der Waals surface area contributed by atoms with E-state index in [9.17, 15) is 9.59 Å². The second-order valence-electron chi connectivity index (χ2n) is 4.92. The van der Waals surface area contributed by atoms with E-state index in [1.165, 1.54) is 4.90 Å². The summed E-state index contributed by atoms with van der Waals surface area (Å²) in [5.74, 6) is -0.902. The molecule has 2 aliphatic heterocycles. The zero-order chi connectivity index (χ0) is 13.1. The second kappa shape index (κ2) is 5.56. The first kappa shape index (κ1) is 13.1. The van der Waals surface area contributed by atoms with Gasteiger partial charge in [0.1, 0.15) is 6.04 Å². The van der Waals surface area contributed by atoms with E-state index in [2.05, 4.69) is 0 Å². The molecule has 2 fully saturated rings. The average Bonchev–Trinajstić information content (AvgIpc) is 2.87. The third-order valence-electron chi connectivity index (χ3n) is 3.77. The molecule has 0 saturated carbocycles. The van der Waals surface area contributed by atoms with E-state index < -0.39 is 12.0 Å². The molecular weight excluding hydrogens is 236 g/mol. The van der Waals surface area contributed by atoms with E-state index in [-0.39, 0.29) is 12.1 Å². The average molecular weight is 256 g/mol. The maximum Gasteiger partial charge on any atom is 0.326 e. The van der Waals surface area contributed by atoms with Crippen LogP contribution in [0.1, 0.15) is 25.7 Å². The second-order valence-corrected chi connectivity index (χ2v) is 4.92. The first-order valence-electron chi connectivity index (χ1n) is 6.44. The smallest absolute Gasteiger partial charge is 0.326 e. The number of urea groups is 1. The minimum atomic E-state index is -0.902. The van der Waals surface area contributed by atoms with Crippen molar-refractivity contribution in [3.05, 3.63) is 0 Å². The number of amides is 2. The Hall–Kier alpha value is -1.30. The monoisotopic (exact) mass is 256 g/mol. The van der Waals surface area contributed by atoms with E-state index in [0.29, 0.717) is 26.1 Å². The van der Waals surface area contributed by atoms with Gasteiger partial charge in [0.05, 0.1) is 6.10 Å². The molecule has 2 rings (SSSR count). The van der Waals surface area contributed by atoms with Crippen LogP contribution in [-0.4, -0.2) is 65.8 Å². The van der Waals surface area contributed by atoms with Crippen molar-refractivity contribution in [2.24, 2.45) is 0 Å². The van der Waals surface area contributed by atoms with Crippen LogP contribution in [0.25, 0.3) is 0 Å². The predicted octanol–water partition coefficient (Wildman–Crippen LogP) is 0.766. The molecule has 0 bridgehead atoms. The standard InChI is InChI=1S/C12H20N2O4/c1-18-9-4-2-6-13(8-9)12(17)14-7-3-5-10(14)11(15)16/h9-10H,2-8H2,1H3,(H,15,16)/t9?,10-/m1/s1. The van der Waals surface area contributed by atoms with Crippen LogP contribution >= 0.6 is 0 Å². The number of hydrogen-bond acceptors (Lipinski definition) is 3. The van der Waals surface area contributed by atoms with E-state index in [1.807, 2.05) is 0 Å². The van der Waals surface area contributed by atoms with Gasteiger partial charge in [-0.15, -0.1) is 0 Å². The zero-order valence-electron chi connectivity index (χ0n) is 10.7. The van der Waals surface area contributed by atoms with Crippen molar-refractivity contribution in [2.45, 2.75) is 37.8 Å². The summed E-state index contributed by atoms with van der Waals surface area (Å²) in [6.07, 6.45) is 3.28. The first-order valence-corrected chi connectivity index (χ1v) is 6.44. The van der Waals surface area contributed by atoms with E-state index >= 15 is 0 Å². The fraction of sp³-hybridized carbons (Fsp3) is 0.833. The van der Waals surface area contributed by atoms with Crippen molar-refractivity contribution in [3.63, 3.8) is 0 Å². The topological polar surface area (TPSA) is 70.1 Å². The molecule has 1 unspecified atom stereocenters. The Labute approximate surface area is 106 Å². The number of likely N-dealkylation sites (tertiary alicyclic amines) is 2. The highest BCUT2D eigenvalue weighted by Gasteiger charge is 2.37. The van der Waals surface area contributed by atoms with Crippen LogP contribution in [0.2, 0.25) is 0 Å². The van der Waals surface area contributed by atoms with Crippen LogP contribution in [0.15, 0.2) is 0 Å². The molecule has 2 atom stereocenters. The van der Waals surface area contributed by atoms with Gasteiger partial charge in [0, 0.05) is 26.7 Å². The van der Waals surface area contributed by atoms with Crippen LogP contribution in [0.4, 0.5) is 4.79 Å². The highest BCUT2D eigenvalue weighted by atomic mass is 16.5. The Morgan fingerprint density at radius 3 is 2.61 bits per heavy atom. The molecule has 18 heavy (non-hydrogen) atoms. The molecule has 0 aromatic carbocycles. The van der Waals surface area contributed by atoms with Gasteiger partial charge < -0.3 is 19.6 Å². The number of ether oxygens (including phenoxy) is 1. The molecule has 2 amide bonds. The first-order chi connectivity index (χ1) is 8.63. The predicted molar refractivity (Wildman–Crippen MR) is 64.4 cm³/mol. The van der Waals surface area contributed by atoms with Crippen LogP contribution in [0.3, 0.4) is 0 Å². The minimum Gasteiger partial charge on any atom is -0.480 e. The van der Waals surface area contributed by atoms with Crippen LogP contribution < -0.4 is 0 Å². The van der Waals surface area contributed by atoms with Crippen LogP contribution in [0, 0.1) is 0 Å². The number of carbonyl (C=O) groups is 2. The molecule has 102 valence electrons. The molecule has 0 spiro atoms. The van der Waals surface area contributed by atoms with Crippen molar-refractivity contribution in [1.29, 1.82) is 0 Å². The summed E-state index contributed by atoms with van der Waals surface area (Å²) in [6.45, 7) is 1.81. The number of rotatable bonds is 2. The molecule has 6 heteroatoms. The Bertz CT molecular complexity index is 334. The quantitative estimate of drug-likeness (QED) is 0.792. The van der Waals surface area contributed by atoms with Crippen molar-refractivity contribution in [1.82, 2.24) is 9.80 Å². The molecule has 0 aromatic heterocycles. The van der Waals surface area contributed by atoms with Crippen molar-refractivity contribution >= 4 is 12.0 Å². The highest BCUT2D eigenvalue weighted by molar-refractivity contribution is 5.83. The van der Waals surface area contributed by atoms with E-state index in [4.69, 9.17) is 9.84 Å². The lowest BCUT2D eigenvalue weighted by Crippen LogP contribution is -2.52. The van der Waals surface area contributed by atoms with Crippen molar-refractivity contribution < 1.29 is 19.4 Å². The maximum absolute atomic E-state index is 12.3. The summed E-state index contributed by atoms with van der Waals surface area (Å²) < 4.78 is 5.28. The van der Waals surface area contributed by atoms with Gasteiger partial charge in [0.15, 0.2) is 0 Å². The SMILES string of the molecule is COC1CCCN(C(=O)N2CCC[C@@H]2C(=O)O)C1. The number of nitrogens with zero attached hydrogens (tertiary/aromatic N) is 2. The molecule has 2 heterocycles. The third kappa shape index (κ3) is 2.58. The Morgan fingerprint density at radius 2 is 1.94 bits per heavy atom. The van der Waals surface area contributed by atoms with Gasteiger partial charge in [-0.3, -0.25) is 0 Å². The van der Waals surface area contributed by atoms with E-state index in [1.54, 1.807) is 12.0 Å².